The monoisotopic (exact) mass is 324 g/mol. The van der Waals surface area contributed by atoms with E-state index in [1.165, 1.54) is 7.11 Å². The van der Waals surface area contributed by atoms with Crippen LogP contribution in [0.5, 0.6) is 0 Å². The number of hydrogen-bond acceptors (Lipinski definition) is 5. The zero-order chi connectivity index (χ0) is 17.1. The number of nitrogens with one attached hydrogen (secondary N) is 1. The van der Waals surface area contributed by atoms with Gasteiger partial charge in [-0.2, -0.15) is 0 Å². The van der Waals surface area contributed by atoms with Gasteiger partial charge < -0.3 is 15.0 Å². The maximum absolute atomic E-state index is 11.5. The molecule has 3 aromatic rings. The van der Waals surface area contributed by atoms with Crippen LogP contribution in [0.1, 0.15) is 0 Å². The SMILES string of the molecule is COC(=O)CNc1c(-c2ccc(N(C)C)cc2)nc2ccccn12. The first kappa shape index (κ1) is 15.9. The van der Waals surface area contributed by atoms with E-state index in [4.69, 9.17) is 9.72 Å². The Labute approximate surface area is 140 Å². The number of methoxy groups -OCH3 is 1. The molecule has 0 amide bonds. The van der Waals surface area contributed by atoms with Gasteiger partial charge >= 0.3 is 5.97 Å². The molecule has 2 aromatic heterocycles. The van der Waals surface area contributed by atoms with Gasteiger partial charge in [0.05, 0.1) is 7.11 Å². The highest BCUT2D eigenvalue weighted by Crippen LogP contribution is 2.29. The number of imidazole rings is 1. The summed E-state index contributed by atoms with van der Waals surface area (Å²) < 4.78 is 6.64. The molecule has 6 nitrogen and oxygen atoms in total. The van der Waals surface area contributed by atoms with Gasteiger partial charge in [-0.3, -0.25) is 9.20 Å². The number of ether oxygens (including phenoxy) is 1. The van der Waals surface area contributed by atoms with Gasteiger partial charge in [0.25, 0.3) is 0 Å². The maximum Gasteiger partial charge on any atom is 0.325 e. The van der Waals surface area contributed by atoms with E-state index in [9.17, 15) is 4.79 Å². The molecule has 3 rings (SSSR count). The summed E-state index contributed by atoms with van der Waals surface area (Å²) in [4.78, 5) is 18.2. The Hall–Kier alpha value is -3.02. The minimum Gasteiger partial charge on any atom is -0.468 e. The second-order valence-electron chi connectivity index (χ2n) is 5.61. The summed E-state index contributed by atoms with van der Waals surface area (Å²) in [6, 6.07) is 13.9. The zero-order valence-corrected chi connectivity index (χ0v) is 14.0. The van der Waals surface area contributed by atoms with Crippen LogP contribution in [0.3, 0.4) is 0 Å². The predicted octanol–water partition coefficient (Wildman–Crippen LogP) is 2.65. The summed E-state index contributed by atoms with van der Waals surface area (Å²) in [5, 5.41) is 3.14. The quantitative estimate of drug-likeness (QED) is 0.731. The standard InChI is InChI=1S/C18H20N4O2/c1-21(2)14-9-7-13(8-10-14)17-18(19-12-16(23)24-3)22-11-5-4-6-15(22)20-17/h4-11,19H,12H2,1-3H3. The molecule has 0 aliphatic carbocycles. The van der Waals surface area contributed by atoms with E-state index in [-0.39, 0.29) is 12.5 Å². The fourth-order valence-corrected chi connectivity index (χ4v) is 2.51. The topological polar surface area (TPSA) is 58.9 Å². The van der Waals surface area contributed by atoms with Crippen LogP contribution in [-0.4, -0.2) is 43.1 Å². The lowest BCUT2D eigenvalue weighted by atomic mass is 10.1. The van der Waals surface area contributed by atoms with E-state index in [0.29, 0.717) is 0 Å². The molecule has 0 radical (unpaired) electrons. The number of fused-ring (bicyclic) bond motifs is 1. The average Bonchev–Trinajstić information content (AvgIpc) is 2.98. The van der Waals surface area contributed by atoms with Gasteiger partial charge in [-0.15, -0.1) is 0 Å². The van der Waals surface area contributed by atoms with Crippen molar-refractivity contribution < 1.29 is 9.53 Å². The first-order valence-corrected chi connectivity index (χ1v) is 7.65. The molecule has 0 atom stereocenters. The third kappa shape index (κ3) is 3.03. The minimum atomic E-state index is -0.324. The van der Waals surface area contributed by atoms with Gasteiger partial charge in [0, 0.05) is 31.5 Å². The van der Waals surface area contributed by atoms with Crippen LogP contribution < -0.4 is 10.2 Å². The van der Waals surface area contributed by atoms with Gasteiger partial charge in [-0.1, -0.05) is 18.2 Å². The fourth-order valence-electron chi connectivity index (χ4n) is 2.51. The Kier molecular flexibility index (Phi) is 4.37. The molecular weight excluding hydrogens is 304 g/mol. The molecule has 0 aliphatic rings. The average molecular weight is 324 g/mol. The van der Waals surface area contributed by atoms with E-state index in [1.54, 1.807) is 0 Å². The highest BCUT2D eigenvalue weighted by Gasteiger charge is 2.15. The van der Waals surface area contributed by atoms with Crippen LogP contribution in [0.4, 0.5) is 11.5 Å². The van der Waals surface area contributed by atoms with Crippen molar-refractivity contribution in [2.75, 3.05) is 38.0 Å². The fraction of sp³-hybridized carbons (Fsp3) is 0.222. The lowest BCUT2D eigenvalue weighted by Crippen LogP contribution is -2.16. The number of carbonyl (C=O) groups is 1. The molecule has 0 bridgehead atoms. The predicted molar refractivity (Wildman–Crippen MR) is 95.5 cm³/mol. The molecule has 0 aliphatic heterocycles. The number of carbonyl (C=O) groups excluding carboxylic acids is 1. The van der Waals surface area contributed by atoms with E-state index in [0.717, 1.165) is 28.4 Å². The van der Waals surface area contributed by atoms with Gasteiger partial charge in [-0.25, -0.2) is 4.98 Å². The highest BCUT2D eigenvalue weighted by atomic mass is 16.5. The number of hydrogen-bond donors (Lipinski definition) is 1. The number of nitrogens with zero attached hydrogens (tertiary/aromatic N) is 3. The van der Waals surface area contributed by atoms with Crippen molar-refractivity contribution in [3.05, 3.63) is 48.7 Å². The molecule has 24 heavy (non-hydrogen) atoms. The molecule has 0 saturated heterocycles. The van der Waals surface area contributed by atoms with Crippen molar-refractivity contribution in [2.45, 2.75) is 0 Å². The van der Waals surface area contributed by atoms with Crippen LogP contribution in [0.2, 0.25) is 0 Å². The summed E-state index contributed by atoms with van der Waals surface area (Å²) in [5.74, 6) is 0.448. The van der Waals surface area contributed by atoms with Crippen molar-refractivity contribution in [3.8, 4) is 11.3 Å². The Morgan fingerprint density at radius 1 is 1.21 bits per heavy atom. The highest BCUT2D eigenvalue weighted by molar-refractivity contribution is 5.81. The number of rotatable bonds is 5. The normalized spacial score (nSPS) is 10.6. The van der Waals surface area contributed by atoms with Crippen LogP contribution in [0, 0.1) is 0 Å². The van der Waals surface area contributed by atoms with Crippen molar-refractivity contribution in [1.29, 1.82) is 0 Å². The lowest BCUT2D eigenvalue weighted by Gasteiger charge is -2.13. The summed E-state index contributed by atoms with van der Waals surface area (Å²) in [6.07, 6.45) is 1.92. The first-order valence-electron chi connectivity index (χ1n) is 7.65. The summed E-state index contributed by atoms with van der Waals surface area (Å²) >= 11 is 0. The van der Waals surface area contributed by atoms with Crippen LogP contribution in [0.25, 0.3) is 16.9 Å². The molecule has 0 saturated carbocycles. The molecule has 124 valence electrons. The Balaban J connectivity index is 2.04. The molecular formula is C18H20N4O2. The Morgan fingerprint density at radius 3 is 2.62 bits per heavy atom. The van der Waals surface area contributed by atoms with Crippen molar-refractivity contribution in [3.63, 3.8) is 0 Å². The van der Waals surface area contributed by atoms with Gasteiger partial charge in [-0.05, 0) is 24.3 Å². The minimum absolute atomic E-state index is 0.0853. The van der Waals surface area contributed by atoms with Crippen LogP contribution >= 0.6 is 0 Å². The molecule has 0 unspecified atom stereocenters. The molecule has 1 aromatic carbocycles. The Bertz CT molecular complexity index is 853. The molecule has 6 heteroatoms. The molecule has 2 heterocycles. The summed E-state index contributed by atoms with van der Waals surface area (Å²) in [7, 11) is 5.38. The number of benzene rings is 1. The molecule has 0 spiro atoms. The van der Waals surface area contributed by atoms with E-state index in [1.807, 2.05) is 72.1 Å². The van der Waals surface area contributed by atoms with E-state index >= 15 is 0 Å². The smallest absolute Gasteiger partial charge is 0.325 e. The van der Waals surface area contributed by atoms with Crippen molar-refractivity contribution in [2.24, 2.45) is 0 Å². The summed E-state index contributed by atoms with van der Waals surface area (Å²) in [5.41, 5.74) is 3.72. The Morgan fingerprint density at radius 2 is 1.96 bits per heavy atom. The van der Waals surface area contributed by atoms with Crippen LogP contribution in [-0.2, 0) is 9.53 Å². The van der Waals surface area contributed by atoms with Crippen molar-refractivity contribution >= 4 is 23.1 Å². The maximum atomic E-state index is 11.5. The van der Waals surface area contributed by atoms with Gasteiger partial charge in [0.2, 0.25) is 0 Å². The first-order chi connectivity index (χ1) is 11.6. The lowest BCUT2D eigenvalue weighted by molar-refractivity contribution is -0.138. The van der Waals surface area contributed by atoms with Gasteiger partial charge in [0.15, 0.2) is 0 Å². The third-order valence-electron chi connectivity index (χ3n) is 3.81. The molecule has 0 fully saturated rings. The molecule has 1 N–H and O–H groups in total. The number of anilines is 2. The van der Waals surface area contributed by atoms with Gasteiger partial charge in [0.1, 0.15) is 23.7 Å². The van der Waals surface area contributed by atoms with E-state index in [2.05, 4.69) is 5.32 Å². The largest absolute Gasteiger partial charge is 0.468 e. The number of pyridine rings is 1. The summed E-state index contributed by atoms with van der Waals surface area (Å²) in [6.45, 7) is 0.0853. The third-order valence-corrected chi connectivity index (χ3v) is 3.81. The van der Waals surface area contributed by atoms with Crippen molar-refractivity contribution in [1.82, 2.24) is 9.38 Å². The number of esters is 1. The van der Waals surface area contributed by atoms with Crippen LogP contribution in [0.15, 0.2) is 48.7 Å². The zero-order valence-electron chi connectivity index (χ0n) is 14.0. The second kappa shape index (κ2) is 6.62. The van der Waals surface area contributed by atoms with E-state index < -0.39 is 0 Å². The second-order valence-corrected chi connectivity index (χ2v) is 5.61. The number of aromatic nitrogens is 2.